The van der Waals surface area contributed by atoms with Crippen LogP contribution >= 0.6 is 0 Å². The van der Waals surface area contributed by atoms with Gasteiger partial charge in [-0.15, -0.1) is 0 Å². The topological polar surface area (TPSA) is 65.5 Å². The maximum absolute atomic E-state index is 7.11. The molecule has 30 aromatic rings. The van der Waals surface area contributed by atoms with E-state index in [0.29, 0.717) is 0 Å². The molecule has 0 fully saturated rings. The molecule has 0 aliphatic rings. The van der Waals surface area contributed by atoms with Crippen molar-refractivity contribution >= 4 is 285 Å². The van der Waals surface area contributed by atoms with E-state index in [-0.39, 0.29) is 0 Å². The summed E-state index contributed by atoms with van der Waals surface area (Å²) in [6, 6.07) is 173. The fourth-order valence-corrected chi connectivity index (χ4v) is 23.0. The zero-order valence-corrected chi connectivity index (χ0v) is 75.5. The van der Waals surface area contributed by atoms with E-state index >= 15 is 0 Å². The Morgan fingerprint density at radius 3 is 0.786 bits per heavy atom. The number of hydrogen-bond acceptors (Lipinski definition) is 8. The monoisotopic (exact) mass is 1780 g/mol. The summed E-state index contributed by atoms with van der Waals surface area (Å²) in [6.07, 6.45) is 0. The number of rotatable bonds is 13. The van der Waals surface area contributed by atoms with Gasteiger partial charge in [0.25, 0.3) is 0 Å². The molecule has 0 amide bonds. The minimum absolute atomic E-state index is 0.812. The summed E-state index contributed by atoms with van der Waals surface area (Å²) in [7, 11) is 0. The highest BCUT2D eigenvalue weighted by atomic mass is 16.3. The lowest BCUT2D eigenvalue weighted by Gasteiger charge is -2.28. The maximum atomic E-state index is 7.11. The van der Waals surface area contributed by atoms with E-state index in [1.54, 1.807) is 0 Å². The van der Waals surface area contributed by atoms with Gasteiger partial charge in [0.2, 0.25) is 0 Å². The minimum atomic E-state index is 0.812. The summed E-state index contributed by atoms with van der Waals surface area (Å²) < 4.78 is 28.2. The zero-order chi connectivity index (χ0) is 91.5. The van der Waals surface area contributed by atoms with Crippen LogP contribution in [-0.2, 0) is 0 Å². The molecular weight excluding hydrogens is 1710 g/mol. The van der Waals surface area contributed by atoms with Crippen molar-refractivity contribution in [1.29, 1.82) is 0 Å². The fourth-order valence-electron chi connectivity index (χ4n) is 23.0. The molecule has 0 aliphatic carbocycles. The molecule has 4 heterocycles. The molecule has 0 saturated heterocycles. The molecule has 8 nitrogen and oxygen atoms in total. The van der Waals surface area contributed by atoms with Crippen LogP contribution in [0.15, 0.2) is 491 Å². The molecule has 4 aromatic heterocycles. The standard InChI is InChI=1S/C132H78N4O4/c1-4-24-89(25-5-1)133(97-51-42-82-39-38-79-20-12-16-32-101(79)117(82)73-97)93-52-63-103-85(68-93)45-59-112-119-75-126-120(76-125(119)137-129(103)112)113-60-46-86-69-94(53-64-104(86)130(113)138-126)134(90-26-6-2-7-27-90)98-56-67-109-116(72-84-23-13-17-33-102(84)118(109)74-98)83-40-49-92(50-41-83)136(124-37-19-35-108-100-31-15-11-22-81(100)44-58-111(108)124)96-55-66-106-88(71-96)48-62-115-122-78-127-121(77-128(122)140-132(106)115)114-61-47-87-70-95(54-65-105(87)131(114)139-127)135(91-28-8-3-9-29-91)123-36-18-34-107-99-30-14-10-21-80(99)43-57-110(107)123/h1-78H. The van der Waals surface area contributed by atoms with Gasteiger partial charge in [0, 0.05) is 132 Å². The quantitative estimate of drug-likeness (QED) is 0.106. The molecule has 0 atom stereocenters. The Hall–Kier alpha value is -18.8. The third kappa shape index (κ3) is 12.0. The second kappa shape index (κ2) is 30.4. The van der Waals surface area contributed by atoms with Gasteiger partial charge in [-0.05, 0) is 320 Å². The van der Waals surface area contributed by atoms with E-state index in [9.17, 15) is 0 Å². The normalized spacial score (nSPS) is 12.1. The van der Waals surface area contributed by atoms with Crippen LogP contribution in [0.25, 0.3) is 228 Å². The number of fused-ring (bicyclic) bond motifs is 32. The van der Waals surface area contributed by atoms with Crippen LogP contribution in [0.1, 0.15) is 0 Å². The molecule has 0 bridgehead atoms. The molecule has 140 heavy (non-hydrogen) atoms. The van der Waals surface area contributed by atoms with Crippen molar-refractivity contribution in [1.82, 2.24) is 0 Å². The van der Waals surface area contributed by atoms with Crippen molar-refractivity contribution in [2.24, 2.45) is 0 Å². The highest BCUT2D eigenvalue weighted by Gasteiger charge is 2.27. The van der Waals surface area contributed by atoms with Crippen LogP contribution in [0.3, 0.4) is 0 Å². The van der Waals surface area contributed by atoms with Gasteiger partial charge in [-0.3, -0.25) is 0 Å². The van der Waals surface area contributed by atoms with Gasteiger partial charge in [0.05, 0.1) is 11.4 Å². The summed E-state index contributed by atoms with van der Waals surface area (Å²) in [4.78, 5) is 9.54. The lowest BCUT2D eigenvalue weighted by atomic mass is 9.92. The molecule has 650 valence electrons. The number of hydrogen-bond donors (Lipinski definition) is 0. The number of nitrogens with zero attached hydrogens (tertiary/aromatic N) is 4. The van der Waals surface area contributed by atoms with Crippen molar-refractivity contribution in [2.75, 3.05) is 19.6 Å². The average molecular weight is 1780 g/mol. The highest BCUT2D eigenvalue weighted by molar-refractivity contribution is 6.26. The Morgan fingerprint density at radius 2 is 0.379 bits per heavy atom. The predicted octanol–water partition coefficient (Wildman–Crippen LogP) is 38.7. The zero-order valence-electron chi connectivity index (χ0n) is 75.5. The van der Waals surface area contributed by atoms with Crippen molar-refractivity contribution in [2.45, 2.75) is 0 Å². The van der Waals surface area contributed by atoms with Gasteiger partial charge in [-0.2, -0.15) is 0 Å². The van der Waals surface area contributed by atoms with Crippen molar-refractivity contribution < 1.29 is 17.7 Å². The van der Waals surface area contributed by atoms with Gasteiger partial charge in [-0.25, -0.2) is 0 Å². The van der Waals surface area contributed by atoms with Crippen LogP contribution in [0.5, 0.6) is 0 Å². The summed E-state index contributed by atoms with van der Waals surface area (Å²) in [5, 5.41) is 35.9. The van der Waals surface area contributed by atoms with Crippen LogP contribution < -0.4 is 19.6 Å². The first kappa shape index (κ1) is 77.7. The average Bonchev–Trinajstić information content (AvgIpc) is 1.64. The van der Waals surface area contributed by atoms with Crippen LogP contribution in [0, 0.1) is 0 Å². The molecule has 0 spiro atoms. The van der Waals surface area contributed by atoms with E-state index < -0.39 is 0 Å². The number of furan rings is 4. The molecule has 0 N–H and O–H groups in total. The van der Waals surface area contributed by atoms with Crippen molar-refractivity contribution in [3.05, 3.63) is 473 Å². The Bertz CT molecular complexity index is 10500. The summed E-state index contributed by atoms with van der Waals surface area (Å²) in [6.45, 7) is 0. The largest absolute Gasteiger partial charge is 0.455 e. The maximum Gasteiger partial charge on any atom is 0.143 e. The van der Waals surface area contributed by atoms with E-state index in [1.165, 1.54) is 64.6 Å². The first-order chi connectivity index (χ1) is 69.3. The molecule has 0 radical (unpaired) electrons. The SMILES string of the molecule is c1ccc(N(c2ccc3c(ccc4c5cc6oc7c8ccc(N(c9ccccc9)c9ccc%10c(-c%11ccc(N(c%12ccc%13c(ccc%14c%15cc%16oc%17c%18ccc(N(c%19ccccc%19)c%19cccc%20c%19ccc%19ccccc%19%20)cc%18ccc%17c%16cc%15oc%13%14)c%12)c%12cccc%13c%12ccc%12ccccc%12%13)cc%11)cc%11ccccc%11c%10c9)cc8ccc7c6cc5oc34)c2)c2ccc3ccc4ccccc4c3c2)cc1. The Kier molecular flexibility index (Phi) is 16.8. The van der Waals surface area contributed by atoms with E-state index in [0.717, 1.165) is 232 Å². The van der Waals surface area contributed by atoms with Gasteiger partial charge >= 0.3 is 0 Å². The molecule has 0 saturated carbocycles. The summed E-state index contributed by atoms with van der Waals surface area (Å²) in [5.41, 5.74) is 21.7. The highest BCUT2D eigenvalue weighted by Crippen LogP contribution is 2.52. The number of anilines is 12. The third-order valence-electron chi connectivity index (χ3n) is 29.6. The second-order valence-electron chi connectivity index (χ2n) is 37.3. The van der Waals surface area contributed by atoms with Crippen LogP contribution in [0.2, 0.25) is 0 Å². The Labute approximate surface area is 801 Å². The van der Waals surface area contributed by atoms with Crippen LogP contribution in [0.4, 0.5) is 68.2 Å². The number of benzene rings is 26. The molecular formula is C132H78N4O4. The van der Waals surface area contributed by atoms with E-state index in [1.807, 2.05) is 0 Å². The molecule has 26 aromatic carbocycles. The van der Waals surface area contributed by atoms with Gasteiger partial charge in [0.1, 0.15) is 44.7 Å². The summed E-state index contributed by atoms with van der Waals surface area (Å²) in [5.74, 6) is 0. The second-order valence-corrected chi connectivity index (χ2v) is 37.3. The Balaban J connectivity index is 0.481. The lowest BCUT2D eigenvalue weighted by Crippen LogP contribution is -2.10. The van der Waals surface area contributed by atoms with E-state index in [2.05, 4.69) is 493 Å². The third-order valence-corrected chi connectivity index (χ3v) is 29.6. The molecule has 30 rings (SSSR count). The predicted molar refractivity (Wildman–Crippen MR) is 590 cm³/mol. The van der Waals surface area contributed by atoms with Gasteiger partial charge in [-0.1, -0.05) is 261 Å². The van der Waals surface area contributed by atoms with E-state index in [4.69, 9.17) is 17.7 Å². The molecule has 0 unspecified atom stereocenters. The summed E-state index contributed by atoms with van der Waals surface area (Å²) >= 11 is 0. The number of para-hydroxylation sites is 3. The van der Waals surface area contributed by atoms with Crippen LogP contribution in [-0.4, -0.2) is 0 Å². The molecule has 8 heteroatoms. The van der Waals surface area contributed by atoms with Crippen molar-refractivity contribution in [3.63, 3.8) is 0 Å². The molecule has 0 aliphatic heterocycles. The van der Waals surface area contributed by atoms with Gasteiger partial charge < -0.3 is 37.3 Å². The first-order valence-corrected chi connectivity index (χ1v) is 47.9. The first-order valence-electron chi connectivity index (χ1n) is 47.9. The Morgan fingerprint density at radius 1 is 0.121 bits per heavy atom. The fraction of sp³-hybridized carbons (Fsp3) is 0. The lowest BCUT2D eigenvalue weighted by molar-refractivity contribution is 0.667. The minimum Gasteiger partial charge on any atom is -0.455 e. The smallest absolute Gasteiger partial charge is 0.143 e. The van der Waals surface area contributed by atoms with Gasteiger partial charge in [0.15, 0.2) is 0 Å². The van der Waals surface area contributed by atoms with Crippen molar-refractivity contribution in [3.8, 4) is 11.1 Å².